The lowest BCUT2D eigenvalue weighted by Crippen LogP contribution is -2.52. The van der Waals surface area contributed by atoms with Crippen LogP contribution in [-0.4, -0.2) is 18.0 Å². The Bertz CT molecular complexity index is 557. The quantitative estimate of drug-likeness (QED) is 0.829. The van der Waals surface area contributed by atoms with Crippen LogP contribution >= 0.6 is 12.4 Å². The molecule has 2 rings (SSSR count). The molecule has 1 aromatic rings. The molecule has 1 unspecified atom stereocenters. The normalized spacial score (nSPS) is 17.9. The highest BCUT2D eigenvalue weighted by molar-refractivity contribution is 5.86. The first kappa shape index (κ1) is 20.8. The lowest BCUT2D eigenvalue weighted by atomic mass is 9.95. The number of hydrogen-bond acceptors (Lipinski definition) is 2. The maximum Gasteiger partial charge on any atom is 0.416 e. The van der Waals surface area contributed by atoms with Crippen LogP contribution in [0.5, 0.6) is 0 Å². The maximum atomic E-state index is 12.7. The number of alkyl halides is 3. The molecule has 0 bridgehead atoms. The van der Waals surface area contributed by atoms with Crippen molar-refractivity contribution in [1.29, 1.82) is 0 Å². The minimum Gasteiger partial charge on any atom is -0.354 e. The first-order chi connectivity index (χ1) is 10.7. The van der Waals surface area contributed by atoms with E-state index >= 15 is 0 Å². The summed E-state index contributed by atoms with van der Waals surface area (Å²) in [5.41, 5.74) is 5.28. The third-order valence-corrected chi connectivity index (χ3v) is 4.59. The minimum absolute atomic E-state index is 0. The molecule has 3 N–H and O–H groups in total. The zero-order valence-electron chi connectivity index (χ0n) is 13.7. The van der Waals surface area contributed by atoms with E-state index in [0.717, 1.165) is 18.9 Å². The van der Waals surface area contributed by atoms with Crippen LogP contribution in [0.2, 0.25) is 0 Å². The highest BCUT2D eigenvalue weighted by Gasteiger charge is 2.36. The second-order valence-electron chi connectivity index (χ2n) is 6.43. The Balaban J connectivity index is 0.00000288. The highest BCUT2D eigenvalue weighted by atomic mass is 35.5. The van der Waals surface area contributed by atoms with Crippen molar-refractivity contribution < 1.29 is 18.0 Å². The molecule has 0 aliphatic heterocycles. The number of benzene rings is 1. The summed E-state index contributed by atoms with van der Waals surface area (Å²) in [7, 11) is 0. The van der Waals surface area contributed by atoms with Crippen LogP contribution in [0.25, 0.3) is 0 Å². The molecule has 1 aliphatic rings. The lowest BCUT2D eigenvalue weighted by molar-refractivity contribution is -0.137. The van der Waals surface area contributed by atoms with Crippen molar-refractivity contribution in [2.45, 2.75) is 56.7 Å². The van der Waals surface area contributed by atoms with E-state index in [1.807, 2.05) is 6.92 Å². The molecule has 0 spiro atoms. The van der Waals surface area contributed by atoms with Gasteiger partial charge in [0.05, 0.1) is 11.1 Å². The molecule has 7 heteroatoms. The van der Waals surface area contributed by atoms with Gasteiger partial charge in [-0.25, -0.2) is 0 Å². The molecule has 1 aliphatic carbocycles. The predicted molar refractivity (Wildman–Crippen MR) is 90.1 cm³/mol. The molecule has 0 saturated heterocycles. The SMILES string of the molecule is CC(CCNC(=O)C1(N)CCCC1)c1cccc(C(F)(F)F)c1.Cl. The summed E-state index contributed by atoms with van der Waals surface area (Å²) in [5.74, 6) is -0.221. The fourth-order valence-electron chi connectivity index (χ4n) is 3.00. The maximum absolute atomic E-state index is 12.7. The Labute approximate surface area is 146 Å². The minimum atomic E-state index is -4.33. The number of hydrogen-bond donors (Lipinski definition) is 2. The number of carbonyl (C=O) groups excluding carboxylic acids is 1. The summed E-state index contributed by atoms with van der Waals surface area (Å²) >= 11 is 0. The van der Waals surface area contributed by atoms with Gasteiger partial charge < -0.3 is 11.1 Å². The van der Waals surface area contributed by atoms with Gasteiger partial charge in [0.15, 0.2) is 0 Å². The molecule has 1 atom stereocenters. The van der Waals surface area contributed by atoms with E-state index in [-0.39, 0.29) is 24.2 Å². The number of amides is 1. The molecule has 136 valence electrons. The third-order valence-electron chi connectivity index (χ3n) is 4.59. The monoisotopic (exact) mass is 364 g/mol. The van der Waals surface area contributed by atoms with Crippen LogP contribution < -0.4 is 11.1 Å². The second-order valence-corrected chi connectivity index (χ2v) is 6.43. The van der Waals surface area contributed by atoms with Crippen molar-refractivity contribution in [2.24, 2.45) is 5.73 Å². The fourth-order valence-corrected chi connectivity index (χ4v) is 3.00. The Kier molecular flexibility index (Phi) is 7.10. The first-order valence-corrected chi connectivity index (χ1v) is 7.97. The molecule has 1 fully saturated rings. The van der Waals surface area contributed by atoms with E-state index < -0.39 is 17.3 Å². The van der Waals surface area contributed by atoms with Crippen LogP contribution in [0, 0.1) is 0 Å². The van der Waals surface area contributed by atoms with Gasteiger partial charge in [-0.05, 0) is 36.8 Å². The Morgan fingerprint density at radius 2 is 1.96 bits per heavy atom. The van der Waals surface area contributed by atoms with Gasteiger partial charge in [0.1, 0.15) is 0 Å². The van der Waals surface area contributed by atoms with Crippen molar-refractivity contribution in [3.8, 4) is 0 Å². The molecular formula is C17H24ClF3N2O. The third kappa shape index (κ3) is 5.11. The summed E-state index contributed by atoms with van der Waals surface area (Å²) in [6.45, 7) is 2.27. The summed E-state index contributed by atoms with van der Waals surface area (Å²) in [6.07, 6.45) is -0.444. The van der Waals surface area contributed by atoms with Crippen LogP contribution in [-0.2, 0) is 11.0 Å². The number of carbonyl (C=O) groups is 1. The summed E-state index contributed by atoms with van der Waals surface area (Å²) < 4.78 is 38.2. The van der Waals surface area contributed by atoms with Gasteiger partial charge in [-0.3, -0.25) is 4.79 Å². The van der Waals surface area contributed by atoms with Gasteiger partial charge >= 0.3 is 6.18 Å². The van der Waals surface area contributed by atoms with E-state index in [4.69, 9.17) is 5.73 Å². The van der Waals surface area contributed by atoms with E-state index in [9.17, 15) is 18.0 Å². The Hall–Kier alpha value is -1.27. The van der Waals surface area contributed by atoms with E-state index in [2.05, 4.69) is 5.32 Å². The number of nitrogens with one attached hydrogen (secondary N) is 1. The zero-order chi connectivity index (χ0) is 17.1. The van der Waals surface area contributed by atoms with Gasteiger partial charge in [0.25, 0.3) is 0 Å². The molecule has 0 radical (unpaired) electrons. The van der Waals surface area contributed by atoms with Crippen LogP contribution in [0.3, 0.4) is 0 Å². The van der Waals surface area contributed by atoms with Crippen molar-refractivity contribution in [2.75, 3.05) is 6.54 Å². The van der Waals surface area contributed by atoms with E-state index in [0.29, 0.717) is 31.4 Å². The van der Waals surface area contributed by atoms with Crippen molar-refractivity contribution in [3.05, 3.63) is 35.4 Å². The van der Waals surface area contributed by atoms with Crippen molar-refractivity contribution in [1.82, 2.24) is 5.32 Å². The number of rotatable bonds is 5. The van der Waals surface area contributed by atoms with Crippen LogP contribution in [0.1, 0.15) is 56.1 Å². The lowest BCUT2D eigenvalue weighted by Gasteiger charge is -2.23. The number of halogens is 4. The molecule has 0 aromatic heterocycles. The van der Waals surface area contributed by atoms with Gasteiger partial charge in [-0.2, -0.15) is 13.2 Å². The fraction of sp³-hybridized carbons (Fsp3) is 0.588. The van der Waals surface area contributed by atoms with Gasteiger partial charge in [0.2, 0.25) is 5.91 Å². The van der Waals surface area contributed by atoms with E-state index in [1.54, 1.807) is 6.07 Å². The van der Waals surface area contributed by atoms with Gasteiger partial charge in [-0.1, -0.05) is 38.0 Å². The van der Waals surface area contributed by atoms with Gasteiger partial charge in [-0.15, -0.1) is 12.4 Å². The Morgan fingerprint density at radius 1 is 1.33 bits per heavy atom. The van der Waals surface area contributed by atoms with Crippen LogP contribution in [0.4, 0.5) is 13.2 Å². The largest absolute Gasteiger partial charge is 0.416 e. The summed E-state index contributed by atoms with van der Waals surface area (Å²) in [4.78, 5) is 12.1. The molecule has 0 heterocycles. The highest BCUT2D eigenvalue weighted by Crippen LogP contribution is 2.31. The zero-order valence-corrected chi connectivity index (χ0v) is 14.5. The standard InChI is InChI=1S/C17H23F3N2O.ClH/c1-12(13-5-4-6-14(11-13)17(18,19)20)7-10-22-15(23)16(21)8-2-3-9-16;/h4-6,11-12H,2-3,7-10,21H2,1H3,(H,22,23);1H. The molecule has 1 aromatic carbocycles. The molecule has 1 amide bonds. The average Bonchev–Trinajstić information content (AvgIpc) is 2.94. The molecule has 24 heavy (non-hydrogen) atoms. The Morgan fingerprint density at radius 3 is 2.54 bits per heavy atom. The average molecular weight is 365 g/mol. The summed E-state index contributed by atoms with van der Waals surface area (Å²) in [6, 6.07) is 5.34. The van der Waals surface area contributed by atoms with Crippen LogP contribution in [0.15, 0.2) is 24.3 Å². The topological polar surface area (TPSA) is 55.1 Å². The van der Waals surface area contributed by atoms with Crippen molar-refractivity contribution >= 4 is 18.3 Å². The smallest absolute Gasteiger partial charge is 0.354 e. The molecule has 1 saturated carbocycles. The molecule has 3 nitrogen and oxygen atoms in total. The first-order valence-electron chi connectivity index (χ1n) is 7.97. The van der Waals surface area contributed by atoms with E-state index in [1.165, 1.54) is 12.1 Å². The number of nitrogens with two attached hydrogens (primary N) is 1. The van der Waals surface area contributed by atoms with Gasteiger partial charge in [0, 0.05) is 6.54 Å². The second kappa shape index (κ2) is 8.21. The summed E-state index contributed by atoms with van der Waals surface area (Å²) in [5, 5.41) is 2.82. The predicted octanol–water partition coefficient (Wildman–Crippen LogP) is 4.01. The molecular weight excluding hydrogens is 341 g/mol. The van der Waals surface area contributed by atoms with Crippen molar-refractivity contribution in [3.63, 3.8) is 0 Å².